The van der Waals surface area contributed by atoms with E-state index in [1.165, 1.54) is 37.9 Å². The second-order valence-electron chi connectivity index (χ2n) is 7.63. The van der Waals surface area contributed by atoms with Gasteiger partial charge in [0.25, 0.3) is 0 Å². The van der Waals surface area contributed by atoms with E-state index in [9.17, 15) is 4.79 Å². The van der Waals surface area contributed by atoms with Crippen molar-refractivity contribution in [2.24, 2.45) is 5.92 Å². The molecule has 4 nitrogen and oxygen atoms in total. The van der Waals surface area contributed by atoms with Gasteiger partial charge in [-0.3, -0.25) is 9.69 Å². The largest absolute Gasteiger partial charge is 0.497 e. The highest BCUT2D eigenvalue weighted by Gasteiger charge is 2.29. The van der Waals surface area contributed by atoms with Gasteiger partial charge >= 0.3 is 0 Å². The summed E-state index contributed by atoms with van der Waals surface area (Å²) in [4.78, 5) is 16.2. The maximum Gasteiger partial charge on any atom is 0.219 e. The monoisotopic (exact) mass is 344 g/mol. The van der Waals surface area contributed by atoms with E-state index >= 15 is 0 Å². The number of nitrogens with zero attached hydrogens (tertiary/aromatic N) is 2. The summed E-state index contributed by atoms with van der Waals surface area (Å²) >= 11 is 0. The number of likely N-dealkylation sites (tertiary alicyclic amines) is 2. The highest BCUT2D eigenvalue weighted by molar-refractivity contribution is 5.73. The standard InChI is InChI=1S/C21H32N2O2/c1-17(24)22-14-11-20(12-15-22)23-13-3-4-19(16-23)6-5-18-7-9-21(25-2)10-8-18/h7-10,19-20H,3-6,11-16H2,1-2H3/t19-/m1/s1. The minimum absolute atomic E-state index is 0.231. The first kappa shape index (κ1) is 18.2. The number of carbonyl (C=O) groups is 1. The van der Waals surface area contributed by atoms with Crippen molar-refractivity contribution in [2.45, 2.75) is 51.5 Å². The van der Waals surface area contributed by atoms with Crippen LogP contribution in [0.2, 0.25) is 0 Å². The second-order valence-corrected chi connectivity index (χ2v) is 7.63. The van der Waals surface area contributed by atoms with Crippen molar-refractivity contribution in [1.29, 1.82) is 0 Å². The molecule has 0 bridgehead atoms. The van der Waals surface area contributed by atoms with Gasteiger partial charge in [-0.1, -0.05) is 12.1 Å². The van der Waals surface area contributed by atoms with Gasteiger partial charge in [-0.2, -0.15) is 0 Å². The SMILES string of the molecule is COc1ccc(CC[C@H]2CCCN(C3CCN(C(C)=O)CC3)C2)cc1. The molecule has 3 rings (SSSR count). The van der Waals surface area contributed by atoms with Crippen LogP contribution < -0.4 is 4.74 Å². The second kappa shape index (κ2) is 8.70. The van der Waals surface area contributed by atoms with Crippen LogP contribution in [0, 0.1) is 5.92 Å². The van der Waals surface area contributed by atoms with E-state index in [-0.39, 0.29) is 5.91 Å². The number of carbonyl (C=O) groups excluding carboxylic acids is 1. The van der Waals surface area contributed by atoms with E-state index < -0.39 is 0 Å². The molecule has 1 atom stereocenters. The smallest absolute Gasteiger partial charge is 0.219 e. The lowest BCUT2D eigenvalue weighted by atomic mass is 9.89. The Bertz CT molecular complexity index is 550. The van der Waals surface area contributed by atoms with E-state index in [1.807, 2.05) is 4.90 Å². The minimum Gasteiger partial charge on any atom is -0.497 e. The van der Waals surface area contributed by atoms with Crippen LogP contribution in [0.25, 0.3) is 0 Å². The molecular weight excluding hydrogens is 312 g/mol. The summed E-state index contributed by atoms with van der Waals surface area (Å²) in [7, 11) is 1.71. The molecule has 1 aromatic carbocycles. The lowest BCUT2D eigenvalue weighted by molar-refractivity contribution is -0.130. The number of rotatable bonds is 5. The van der Waals surface area contributed by atoms with Gasteiger partial charge in [0.15, 0.2) is 0 Å². The Morgan fingerprint density at radius 3 is 2.48 bits per heavy atom. The number of piperidine rings is 2. The van der Waals surface area contributed by atoms with Crippen LogP contribution in [0.5, 0.6) is 5.75 Å². The van der Waals surface area contributed by atoms with Crippen LogP contribution in [0.4, 0.5) is 0 Å². The molecule has 2 fully saturated rings. The molecule has 1 amide bonds. The third-order valence-electron chi connectivity index (χ3n) is 5.98. The molecule has 0 aromatic heterocycles. The molecule has 0 aliphatic carbocycles. The zero-order valence-corrected chi connectivity index (χ0v) is 15.7. The molecule has 0 radical (unpaired) electrons. The molecule has 0 N–H and O–H groups in total. The molecule has 1 aromatic rings. The number of hydrogen-bond acceptors (Lipinski definition) is 3. The van der Waals surface area contributed by atoms with Crippen LogP contribution in [0.1, 0.15) is 44.6 Å². The fourth-order valence-electron chi connectivity index (χ4n) is 4.37. The van der Waals surface area contributed by atoms with Crippen molar-refractivity contribution < 1.29 is 9.53 Å². The van der Waals surface area contributed by atoms with Crippen molar-refractivity contribution in [3.8, 4) is 5.75 Å². The van der Waals surface area contributed by atoms with E-state index in [1.54, 1.807) is 14.0 Å². The molecule has 0 saturated carbocycles. The van der Waals surface area contributed by atoms with Crippen molar-refractivity contribution >= 4 is 5.91 Å². The first-order valence-corrected chi connectivity index (χ1v) is 9.78. The van der Waals surface area contributed by atoms with Crippen LogP contribution in [0.3, 0.4) is 0 Å². The topological polar surface area (TPSA) is 32.8 Å². The molecule has 4 heteroatoms. The molecule has 138 valence electrons. The molecular formula is C21H32N2O2. The fourth-order valence-corrected chi connectivity index (χ4v) is 4.37. The van der Waals surface area contributed by atoms with Crippen LogP contribution in [-0.4, -0.2) is 55.0 Å². The van der Waals surface area contributed by atoms with Gasteiger partial charge in [0, 0.05) is 32.6 Å². The number of benzene rings is 1. The van der Waals surface area contributed by atoms with Crippen molar-refractivity contribution in [3.63, 3.8) is 0 Å². The van der Waals surface area contributed by atoms with Gasteiger partial charge in [-0.25, -0.2) is 0 Å². The molecule has 2 aliphatic rings. The van der Waals surface area contributed by atoms with Gasteiger partial charge < -0.3 is 9.64 Å². The molecule has 0 spiro atoms. The van der Waals surface area contributed by atoms with Gasteiger partial charge in [0.1, 0.15) is 5.75 Å². The number of amides is 1. The summed E-state index contributed by atoms with van der Waals surface area (Å²) in [6.07, 6.45) is 7.40. The van der Waals surface area contributed by atoms with Gasteiger partial charge in [0.2, 0.25) is 5.91 Å². The summed E-state index contributed by atoms with van der Waals surface area (Å²) in [6, 6.07) is 9.18. The first-order valence-electron chi connectivity index (χ1n) is 9.78. The Hall–Kier alpha value is -1.55. The third kappa shape index (κ3) is 4.97. The maximum atomic E-state index is 11.5. The quantitative estimate of drug-likeness (QED) is 0.821. The Balaban J connectivity index is 1.45. The fraction of sp³-hybridized carbons (Fsp3) is 0.667. The molecule has 25 heavy (non-hydrogen) atoms. The number of methoxy groups -OCH3 is 1. The van der Waals surface area contributed by atoms with Crippen LogP contribution in [-0.2, 0) is 11.2 Å². The summed E-state index contributed by atoms with van der Waals surface area (Å²) in [5.41, 5.74) is 1.41. The highest BCUT2D eigenvalue weighted by atomic mass is 16.5. The lowest BCUT2D eigenvalue weighted by Crippen LogP contribution is -2.49. The van der Waals surface area contributed by atoms with E-state index in [2.05, 4.69) is 29.2 Å². The predicted octanol–water partition coefficient (Wildman–Crippen LogP) is 3.35. The zero-order valence-electron chi connectivity index (χ0n) is 15.7. The number of hydrogen-bond donors (Lipinski definition) is 0. The molecule has 2 saturated heterocycles. The van der Waals surface area contributed by atoms with Crippen LogP contribution >= 0.6 is 0 Å². The Morgan fingerprint density at radius 1 is 1.12 bits per heavy atom. The predicted molar refractivity (Wildman–Crippen MR) is 101 cm³/mol. The van der Waals surface area contributed by atoms with Gasteiger partial charge in [0.05, 0.1) is 7.11 Å². The molecule has 2 aliphatic heterocycles. The van der Waals surface area contributed by atoms with Crippen molar-refractivity contribution in [2.75, 3.05) is 33.3 Å². The van der Waals surface area contributed by atoms with Gasteiger partial charge in [-0.05, 0) is 68.7 Å². The Morgan fingerprint density at radius 2 is 1.84 bits per heavy atom. The summed E-state index contributed by atoms with van der Waals surface area (Å²) in [6.45, 7) is 6.04. The summed E-state index contributed by atoms with van der Waals surface area (Å²) in [5, 5.41) is 0. The van der Waals surface area contributed by atoms with Crippen LogP contribution in [0.15, 0.2) is 24.3 Å². The average Bonchev–Trinajstić information content (AvgIpc) is 2.67. The number of ether oxygens (including phenoxy) is 1. The summed E-state index contributed by atoms with van der Waals surface area (Å²) < 4.78 is 5.24. The first-order chi connectivity index (χ1) is 12.2. The molecule has 2 heterocycles. The zero-order chi connectivity index (χ0) is 17.6. The van der Waals surface area contributed by atoms with Crippen molar-refractivity contribution in [1.82, 2.24) is 9.80 Å². The minimum atomic E-state index is 0.231. The highest BCUT2D eigenvalue weighted by Crippen LogP contribution is 2.26. The lowest BCUT2D eigenvalue weighted by Gasteiger charge is -2.42. The van der Waals surface area contributed by atoms with E-state index in [0.717, 1.165) is 44.0 Å². The maximum absolute atomic E-state index is 11.5. The van der Waals surface area contributed by atoms with E-state index in [4.69, 9.17) is 4.74 Å². The Kier molecular flexibility index (Phi) is 6.35. The van der Waals surface area contributed by atoms with E-state index in [0.29, 0.717) is 6.04 Å². The third-order valence-corrected chi connectivity index (χ3v) is 5.98. The Labute approximate surface area is 152 Å². The van der Waals surface area contributed by atoms with Crippen molar-refractivity contribution in [3.05, 3.63) is 29.8 Å². The molecule has 0 unspecified atom stereocenters. The summed E-state index contributed by atoms with van der Waals surface area (Å²) in [5.74, 6) is 1.97. The average molecular weight is 344 g/mol. The van der Waals surface area contributed by atoms with Gasteiger partial charge in [-0.15, -0.1) is 0 Å². The normalized spacial score (nSPS) is 22.8. The number of aryl methyl sites for hydroxylation is 1.